The van der Waals surface area contributed by atoms with Gasteiger partial charge in [-0.25, -0.2) is 0 Å². The number of hydrogen-bond donors (Lipinski definition) is 1. The molecule has 128 valence electrons. The molecule has 6 heteroatoms. The van der Waals surface area contributed by atoms with Gasteiger partial charge in [-0.1, -0.05) is 13.8 Å². The minimum Gasteiger partial charge on any atom is -0.377 e. The van der Waals surface area contributed by atoms with E-state index in [-0.39, 0.29) is 11.3 Å². The minimum atomic E-state index is 0.122. The van der Waals surface area contributed by atoms with Crippen molar-refractivity contribution in [3.63, 3.8) is 0 Å². The lowest BCUT2D eigenvalue weighted by Gasteiger charge is -2.55. The first kappa shape index (κ1) is 15.2. The van der Waals surface area contributed by atoms with Crippen molar-refractivity contribution in [2.45, 2.75) is 51.3 Å². The maximum Gasteiger partial charge on any atom is 0.242 e. The highest BCUT2D eigenvalue weighted by atomic mass is 16.5. The molecular weight excluding hydrogens is 292 g/mol. The quantitative estimate of drug-likeness (QED) is 0.600. The molecule has 4 aliphatic rings. The molecule has 2 heterocycles. The molecule has 2 saturated heterocycles. The van der Waals surface area contributed by atoms with E-state index >= 15 is 0 Å². The Bertz CT molecular complexity index is 529. The first-order valence-corrected chi connectivity index (χ1v) is 8.91. The number of guanidine groups is 1. The van der Waals surface area contributed by atoms with E-state index < -0.39 is 0 Å². The Morgan fingerprint density at radius 3 is 2.74 bits per heavy atom. The van der Waals surface area contributed by atoms with Crippen molar-refractivity contribution >= 4 is 11.9 Å². The van der Waals surface area contributed by atoms with Crippen LogP contribution in [0.1, 0.15) is 33.1 Å². The van der Waals surface area contributed by atoms with Crippen LogP contribution in [-0.4, -0.2) is 73.1 Å². The summed E-state index contributed by atoms with van der Waals surface area (Å²) in [5.41, 5.74) is 0.122. The fourth-order valence-electron chi connectivity index (χ4n) is 4.69. The van der Waals surface area contributed by atoms with Crippen LogP contribution in [0.4, 0.5) is 0 Å². The lowest BCUT2D eigenvalue weighted by molar-refractivity contribution is -0.135. The predicted octanol–water partition coefficient (Wildman–Crippen LogP) is 0.682. The van der Waals surface area contributed by atoms with Gasteiger partial charge in [-0.3, -0.25) is 9.79 Å². The third-order valence-corrected chi connectivity index (χ3v) is 6.14. The number of hydrogen-bond acceptors (Lipinski definition) is 3. The fraction of sp³-hybridized carbons (Fsp3) is 0.882. The van der Waals surface area contributed by atoms with E-state index in [1.165, 1.54) is 12.8 Å². The number of rotatable bonds is 2. The zero-order chi connectivity index (χ0) is 16.2. The topological polar surface area (TPSA) is 57.2 Å². The summed E-state index contributed by atoms with van der Waals surface area (Å²) in [7, 11) is 1.81. The maximum atomic E-state index is 12.4. The van der Waals surface area contributed by atoms with E-state index in [0.717, 1.165) is 32.1 Å². The third-order valence-electron chi connectivity index (χ3n) is 6.14. The molecule has 6 nitrogen and oxygen atoms in total. The Morgan fingerprint density at radius 1 is 1.30 bits per heavy atom. The summed E-state index contributed by atoms with van der Waals surface area (Å²) in [6.45, 7) is 7.55. The molecule has 0 radical (unpaired) electrons. The number of nitrogens with zero attached hydrogens (tertiary/aromatic N) is 3. The first-order chi connectivity index (χ1) is 11.0. The van der Waals surface area contributed by atoms with Crippen molar-refractivity contribution in [2.75, 3.05) is 33.3 Å². The van der Waals surface area contributed by atoms with Gasteiger partial charge in [0.2, 0.25) is 5.91 Å². The van der Waals surface area contributed by atoms with Crippen LogP contribution in [0.3, 0.4) is 0 Å². The smallest absolute Gasteiger partial charge is 0.242 e. The van der Waals surface area contributed by atoms with Crippen molar-refractivity contribution in [1.29, 1.82) is 0 Å². The molecule has 2 aliphatic carbocycles. The largest absolute Gasteiger partial charge is 0.377 e. The van der Waals surface area contributed by atoms with E-state index in [1.807, 2.05) is 7.05 Å². The number of ether oxygens (including phenoxy) is 1. The molecule has 0 aromatic heterocycles. The van der Waals surface area contributed by atoms with Crippen LogP contribution in [0.2, 0.25) is 0 Å². The zero-order valence-electron chi connectivity index (χ0n) is 14.4. The van der Waals surface area contributed by atoms with Gasteiger partial charge < -0.3 is 19.9 Å². The van der Waals surface area contributed by atoms with E-state index in [4.69, 9.17) is 4.74 Å². The number of fused-ring (bicyclic) bond motifs is 1. The highest BCUT2D eigenvalue weighted by molar-refractivity contribution is 5.88. The van der Waals surface area contributed by atoms with E-state index in [9.17, 15) is 4.79 Å². The fourth-order valence-corrected chi connectivity index (χ4v) is 4.69. The Balaban J connectivity index is 1.40. The number of carbonyl (C=O) groups is 1. The van der Waals surface area contributed by atoms with Crippen molar-refractivity contribution < 1.29 is 9.53 Å². The predicted molar refractivity (Wildman–Crippen MR) is 88.2 cm³/mol. The minimum absolute atomic E-state index is 0.122. The van der Waals surface area contributed by atoms with Crippen LogP contribution in [0, 0.1) is 11.3 Å². The lowest BCUT2D eigenvalue weighted by atomic mass is 9.57. The second-order valence-corrected chi connectivity index (χ2v) is 7.97. The van der Waals surface area contributed by atoms with Gasteiger partial charge >= 0.3 is 0 Å². The standard InChI is InChI=1S/C17H28N4O2/c1-17(2)14(12-6-9-23-15(12)17)19-16(18-3)20-7-8-21(11-4-5-11)13(22)10-20/h11-12,14-15H,4-10H2,1-3H3,(H,18,19). The van der Waals surface area contributed by atoms with Crippen LogP contribution in [0.15, 0.2) is 4.99 Å². The average Bonchev–Trinajstić information content (AvgIpc) is 3.25. The summed E-state index contributed by atoms with van der Waals surface area (Å²) >= 11 is 0. The molecule has 0 aromatic carbocycles. The molecule has 0 bridgehead atoms. The number of nitrogens with one attached hydrogen (secondary N) is 1. The second-order valence-electron chi connectivity index (χ2n) is 7.97. The molecule has 3 atom stereocenters. The maximum absolute atomic E-state index is 12.4. The van der Waals surface area contributed by atoms with Crippen molar-refractivity contribution in [2.24, 2.45) is 16.3 Å². The van der Waals surface area contributed by atoms with E-state index in [0.29, 0.717) is 30.7 Å². The van der Waals surface area contributed by atoms with E-state index in [2.05, 4.69) is 34.0 Å². The van der Waals surface area contributed by atoms with Crippen molar-refractivity contribution in [1.82, 2.24) is 15.1 Å². The van der Waals surface area contributed by atoms with Crippen LogP contribution < -0.4 is 5.32 Å². The lowest BCUT2D eigenvalue weighted by Crippen LogP contribution is -2.69. The van der Waals surface area contributed by atoms with E-state index in [1.54, 1.807) is 0 Å². The number of piperazine rings is 1. The van der Waals surface area contributed by atoms with Gasteiger partial charge in [-0.2, -0.15) is 0 Å². The molecule has 1 N–H and O–H groups in total. The average molecular weight is 320 g/mol. The van der Waals surface area contributed by atoms with Gasteiger partial charge in [0.25, 0.3) is 0 Å². The molecule has 0 aromatic rings. The summed E-state index contributed by atoms with van der Waals surface area (Å²) in [5, 5.41) is 3.64. The molecule has 3 unspecified atom stereocenters. The van der Waals surface area contributed by atoms with Crippen LogP contribution in [0.25, 0.3) is 0 Å². The van der Waals surface area contributed by atoms with Gasteiger partial charge in [0, 0.05) is 50.2 Å². The Morgan fingerprint density at radius 2 is 2.09 bits per heavy atom. The first-order valence-electron chi connectivity index (χ1n) is 8.91. The third kappa shape index (κ3) is 2.42. The summed E-state index contributed by atoms with van der Waals surface area (Å²) in [5.74, 6) is 1.69. The Kier molecular flexibility index (Phi) is 3.55. The van der Waals surface area contributed by atoms with Crippen LogP contribution >= 0.6 is 0 Å². The molecule has 2 aliphatic heterocycles. The monoisotopic (exact) mass is 320 g/mol. The summed E-state index contributed by atoms with van der Waals surface area (Å²) in [4.78, 5) is 21.0. The highest BCUT2D eigenvalue weighted by Gasteiger charge is 2.59. The second kappa shape index (κ2) is 5.36. The Hall–Kier alpha value is -1.30. The molecule has 23 heavy (non-hydrogen) atoms. The van der Waals surface area contributed by atoms with Crippen molar-refractivity contribution in [3.8, 4) is 0 Å². The number of carbonyl (C=O) groups excluding carboxylic acids is 1. The molecule has 4 fully saturated rings. The molecule has 2 saturated carbocycles. The molecular formula is C17H28N4O2. The highest BCUT2D eigenvalue weighted by Crippen LogP contribution is 2.52. The Labute approximate surface area is 138 Å². The van der Waals surface area contributed by atoms with Gasteiger partial charge in [-0.05, 0) is 19.3 Å². The van der Waals surface area contributed by atoms with Crippen LogP contribution in [-0.2, 0) is 9.53 Å². The summed E-state index contributed by atoms with van der Waals surface area (Å²) < 4.78 is 5.87. The van der Waals surface area contributed by atoms with Gasteiger partial charge in [-0.15, -0.1) is 0 Å². The summed E-state index contributed by atoms with van der Waals surface area (Å²) in [6, 6.07) is 0.895. The zero-order valence-corrected chi connectivity index (χ0v) is 14.4. The SMILES string of the molecule is CN=C(NC1C2CCOC2C1(C)C)N1CCN(C2CC2)C(=O)C1. The van der Waals surface area contributed by atoms with Gasteiger partial charge in [0.05, 0.1) is 12.6 Å². The van der Waals surface area contributed by atoms with Gasteiger partial charge in [0.15, 0.2) is 5.96 Å². The van der Waals surface area contributed by atoms with Crippen LogP contribution in [0.5, 0.6) is 0 Å². The molecule has 0 spiro atoms. The number of amides is 1. The van der Waals surface area contributed by atoms with Crippen molar-refractivity contribution in [3.05, 3.63) is 0 Å². The molecule has 1 amide bonds. The number of aliphatic imine (C=N–C) groups is 1. The normalized spacial score (nSPS) is 36.7. The van der Waals surface area contributed by atoms with Gasteiger partial charge in [0.1, 0.15) is 0 Å². The molecule has 4 rings (SSSR count). The summed E-state index contributed by atoms with van der Waals surface area (Å²) in [6.07, 6.45) is 3.85.